The van der Waals surface area contributed by atoms with Crippen LogP contribution in [0.5, 0.6) is 17.2 Å². The van der Waals surface area contributed by atoms with Crippen molar-refractivity contribution in [3.05, 3.63) is 48.0 Å². The quantitative estimate of drug-likeness (QED) is 0.487. The maximum atomic E-state index is 12.0. The minimum absolute atomic E-state index is 0.00638. The molecule has 0 aliphatic rings. The van der Waals surface area contributed by atoms with Gasteiger partial charge in [0.1, 0.15) is 5.75 Å². The molecule has 0 aromatic heterocycles. The maximum Gasteiger partial charge on any atom is 0.240 e. The number of methoxy groups -OCH3 is 2. The van der Waals surface area contributed by atoms with Crippen LogP contribution in [0.3, 0.4) is 0 Å². The van der Waals surface area contributed by atoms with Crippen LogP contribution in [0.1, 0.15) is 18.4 Å². The summed E-state index contributed by atoms with van der Waals surface area (Å²) in [5, 5.41) is 16.0. The summed E-state index contributed by atoms with van der Waals surface area (Å²) < 4.78 is 10.1. The number of amides is 2. The molecule has 2 amide bonds. The van der Waals surface area contributed by atoms with E-state index in [0.717, 1.165) is 0 Å². The molecular weight excluding hydrogens is 350 g/mol. The lowest BCUT2D eigenvalue weighted by molar-refractivity contribution is -0.124. The Morgan fingerprint density at radius 3 is 2.48 bits per heavy atom. The molecule has 0 radical (unpaired) electrons. The first-order chi connectivity index (χ1) is 13.0. The van der Waals surface area contributed by atoms with Crippen molar-refractivity contribution in [1.82, 2.24) is 5.43 Å². The van der Waals surface area contributed by atoms with E-state index in [1.807, 2.05) is 0 Å². The molecular formula is C19H21N3O5. The first-order valence-electron chi connectivity index (χ1n) is 8.15. The summed E-state index contributed by atoms with van der Waals surface area (Å²) in [6.45, 7) is 0. The number of carbonyl (C=O) groups is 2. The van der Waals surface area contributed by atoms with E-state index in [-0.39, 0.29) is 24.5 Å². The summed E-state index contributed by atoms with van der Waals surface area (Å²) in [7, 11) is 2.95. The van der Waals surface area contributed by atoms with Crippen molar-refractivity contribution in [2.75, 3.05) is 19.5 Å². The van der Waals surface area contributed by atoms with E-state index in [4.69, 9.17) is 9.47 Å². The van der Waals surface area contributed by atoms with Crippen molar-refractivity contribution >= 4 is 23.7 Å². The fourth-order valence-electron chi connectivity index (χ4n) is 2.20. The van der Waals surface area contributed by atoms with Crippen LogP contribution in [-0.2, 0) is 9.59 Å². The number of para-hydroxylation sites is 2. The third-order valence-electron chi connectivity index (χ3n) is 3.57. The minimum Gasteiger partial charge on any atom is -0.504 e. The fourth-order valence-corrected chi connectivity index (χ4v) is 2.20. The molecule has 3 N–H and O–H groups in total. The molecule has 8 nitrogen and oxygen atoms in total. The van der Waals surface area contributed by atoms with Gasteiger partial charge < -0.3 is 19.9 Å². The second-order valence-corrected chi connectivity index (χ2v) is 5.47. The van der Waals surface area contributed by atoms with Crippen molar-refractivity contribution in [3.63, 3.8) is 0 Å². The highest BCUT2D eigenvalue weighted by atomic mass is 16.5. The Kier molecular flexibility index (Phi) is 7.18. The van der Waals surface area contributed by atoms with E-state index in [0.29, 0.717) is 22.7 Å². The third-order valence-corrected chi connectivity index (χ3v) is 3.57. The fraction of sp³-hybridized carbons (Fsp3) is 0.211. The molecule has 2 rings (SSSR count). The number of aromatic hydroxyl groups is 1. The summed E-state index contributed by atoms with van der Waals surface area (Å²) in [5.41, 5.74) is 3.53. The highest BCUT2D eigenvalue weighted by Crippen LogP contribution is 2.25. The molecule has 0 heterocycles. The number of phenols is 1. The normalized spacial score (nSPS) is 10.4. The van der Waals surface area contributed by atoms with Crippen LogP contribution in [0.2, 0.25) is 0 Å². The Morgan fingerprint density at radius 2 is 1.74 bits per heavy atom. The van der Waals surface area contributed by atoms with Gasteiger partial charge in [-0.05, 0) is 35.9 Å². The largest absolute Gasteiger partial charge is 0.504 e. The van der Waals surface area contributed by atoms with Gasteiger partial charge in [0.05, 0.1) is 26.1 Å². The lowest BCUT2D eigenvalue weighted by Gasteiger charge is -2.09. The molecule has 0 fully saturated rings. The Hall–Kier alpha value is -3.55. The predicted octanol–water partition coefficient (Wildman–Crippen LogP) is 2.28. The summed E-state index contributed by atoms with van der Waals surface area (Å²) >= 11 is 0. The Labute approximate surface area is 156 Å². The van der Waals surface area contributed by atoms with Gasteiger partial charge in [0.25, 0.3) is 0 Å². The highest BCUT2D eigenvalue weighted by molar-refractivity contribution is 5.94. The summed E-state index contributed by atoms with van der Waals surface area (Å²) in [6, 6.07) is 11.7. The predicted molar refractivity (Wildman–Crippen MR) is 101 cm³/mol. The van der Waals surface area contributed by atoms with Crippen molar-refractivity contribution in [3.8, 4) is 17.2 Å². The van der Waals surface area contributed by atoms with Gasteiger partial charge >= 0.3 is 0 Å². The number of nitrogens with one attached hydrogen (secondary N) is 2. The van der Waals surface area contributed by atoms with E-state index < -0.39 is 5.91 Å². The Balaban J connectivity index is 1.79. The molecule has 0 unspecified atom stereocenters. The molecule has 142 valence electrons. The van der Waals surface area contributed by atoms with Crippen LogP contribution in [-0.4, -0.2) is 37.4 Å². The lowest BCUT2D eigenvalue weighted by atomic mass is 10.2. The molecule has 0 saturated carbocycles. The van der Waals surface area contributed by atoms with Crippen LogP contribution in [0.25, 0.3) is 0 Å². The first-order valence-corrected chi connectivity index (χ1v) is 8.15. The number of benzene rings is 2. The second kappa shape index (κ2) is 9.81. The van der Waals surface area contributed by atoms with Crippen molar-refractivity contribution in [1.29, 1.82) is 0 Å². The standard InChI is InChI=1S/C19H21N3O5/c1-26-16-6-4-3-5-14(16)21-18(24)9-10-19(25)22-20-12-13-7-8-15(23)17(11-13)27-2/h3-8,11-12,23H,9-10H2,1-2H3,(H,21,24)(H,22,25)/b20-12+. The molecule has 0 atom stereocenters. The minimum atomic E-state index is -0.396. The monoisotopic (exact) mass is 371 g/mol. The molecule has 0 aliphatic carbocycles. The van der Waals surface area contributed by atoms with Crippen molar-refractivity contribution in [2.45, 2.75) is 12.8 Å². The van der Waals surface area contributed by atoms with Crippen LogP contribution in [0, 0.1) is 0 Å². The number of hydrazone groups is 1. The topological polar surface area (TPSA) is 109 Å². The average molecular weight is 371 g/mol. The van der Waals surface area contributed by atoms with E-state index in [1.165, 1.54) is 26.5 Å². The van der Waals surface area contributed by atoms with Crippen LogP contribution in [0.4, 0.5) is 5.69 Å². The molecule has 27 heavy (non-hydrogen) atoms. The summed E-state index contributed by atoms with van der Waals surface area (Å²) in [4.78, 5) is 23.8. The van der Waals surface area contributed by atoms with Crippen molar-refractivity contribution < 1.29 is 24.2 Å². The van der Waals surface area contributed by atoms with Gasteiger partial charge in [-0.3, -0.25) is 9.59 Å². The van der Waals surface area contributed by atoms with E-state index >= 15 is 0 Å². The smallest absolute Gasteiger partial charge is 0.240 e. The zero-order valence-electron chi connectivity index (χ0n) is 15.1. The van der Waals surface area contributed by atoms with Crippen LogP contribution < -0.4 is 20.2 Å². The summed E-state index contributed by atoms with van der Waals surface area (Å²) in [6.07, 6.45) is 1.40. The zero-order chi connectivity index (χ0) is 19.6. The first kappa shape index (κ1) is 19.8. The number of hydrogen-bond acceptors (Lipinski definition) is 6. The third kappa shape index (κ3) is 6.03. The number of carbonyl (C=O) groups excluding carboxylic acids is 2. The molecule has 0 spiro atoms. The SMILES string of the molecule is COc1cc(/C=N/NC(=O)CCC(=O)Nc2ccccc2OC)ccc1O. The van der Waals surface area contributed by atoms with E-state index in [1.54, 1.807) is 36.4 Å². The van der Waals surface area contributed by atoms with Gasteiger partial charge in [0.15, 0.2) is 11.5 Å². The van der Waals surface area contributed by atoms with Gasteiger partial charge in [-0.2, -0.15) is 5.10 Å². The summed E-state index contributed by atoms with van der Waals surface area (Å²) in [5.74, 6) is 0.163. The number of ether oxygens (including phenoxy) is 2. The van der Waals surface area contributed by atoms with Gasteiger partial charge in [-0.25, -0.2) is 5.43 Å². The van der Waals surface area contributed by atoms with Crippen molar-refractivity contribution in [2.24, 2.45) is 5.10 Å². The lowest BCUT2D eigenvalue weighted by Crippen LogP contribution is -2.20. The van der Waals surface area contributed by atoms with Gasteiger partial charge in [0, 0.05) is 12.8 Å². The average Bonchev–Trinajstić information content (AvgIpc) is 2.68. The molecule has 2 aromatic rings. The number of anilines is 1. The van der Waals surface area contributed by atoms with Gasteiger partial charge in [-0.15, -0.1) is 0 Å². The number of phenolic OH excluding ortho intramolecular Hbond substituents is 1. The maximum absolute atomic E-state index is 12.0. The van der Waals surface area contributed by atoms with Gasteiger partial charge in [-0.1, -0.05) is 12.1 Å². The molecule has 2 aromatic carbocycles. The van der Waals surface area contributed by atoms with Crippen LogP contribution in [0.15, 0.2) is 47.6 Å². The molecule has 0 aliphatic heterocycles. The van der Waals surface area contributed by atoms with Gasteiger partial charge in [0.2, 0.25) is 11.8 Å². The second-order valence-electron chi connectivity index (χ2n) is 5.47. The highest BCUT2D eigenvalue weighted by Gasteiger charge is 2.09. The van der Waals surface area contributed by atoms with E-state index in [9.17, 15) is 14.7 Å². The van der Waals surface area contributed by atoms with Crippen LogP contribution >= 0.6 is 0 Å². The molecule has 0 bridgehead atoms. The number of nitrogens with zero attached hydrogens (tertiary/aromatic N) is 1. The Bertz CT molecular complexity index is 836. The van der Waals surface area contributed by atoms with E-state index in [2.05, 4.69) is 15.8 Å². The molecule has 0 saturated heterocycles. The molecule has 8 heteroatoms. The Morgan fingerprint density at radius 1 is 1.04 bits per heavy atom. The number of rotatable bonds is 8. The number of hydrogen-bond donors (Lipinski definition) is 3. The zero-order valence-corrected chi connectivity index (χ0v) is 15.1.